The summed E-state index contributed by atoms with van der Waals surface area (Å²) in [5.41, 5.74) is 0. The van der Waals surface area contributed by atoms with E-state index in [-0.39, 0.29) is 18.3 Å². The summed E-state index contributed by atoms with van der Waals surface area (Å²) < 4.78 is 24.2. The lowest BCUT2D eigenvalue weighted by atomic mass is 10.0. The monoisotopic (exact) mass is 205 g/mol. The number of nitrogens with zero attached hydrogens (tertiary/aromatic N) is 1. The first-order chi connectivity index (χ1) is 6.01. The number of carbonyl (C=O) groups is 1. The van der Waals surface area contributed by atoms with E-state index in [1.165, 1.54) is 4.31 Å². The predicted molar refractivity (Wildman–Crippen MR) is 44.6 cm³/mol. The molecule has 1 heterocycles. The molecule has 13 heavy (non-hydrogen) atoms. The average Bonchev–Trinajstić information content (AvgIpc) is 2.59. The fourth-order valence-electron chi connectivity index (χ4n) is 1.38. The lowest BCUT2D eigenvalue weighted by Gasteiger charge is -2.35. The molecule has 0 radical (unpaired) electrons. The normalized spacial score (nSPS) is 25.5. The number of sulfonamides is 1. The molecule has 0 amide bonds. The molecular formula is C7H11NO4S. The van der Waals surface area contributed by atoms with Gasteiger partial charge in [-0.3, -0.25) is 4.79 Å². The highest BCUT2D eigenvalue weighted by molar-refractivity contribution is 7.90. The molecule has 1 N–H and O–H groups in total. The van der Waals surface area contributed by atoms with Gasteiger partial charge in [0.1, 0.15) is 0 Å². The number of rotatable bonds is 3. The number of carboxylic acids is 1. The van der Waals surface area contributed by atoms with E-state index in [1.807, 2.05) is 0 Å². The van der Waals surface area contributed by atoms with Crippen LogP contribution in [-0.2, 0) is 14.8 Å². The van der Waals surface area contributed by atoms with Gasteiger partial charge < -0.3 is 5.11 Å². The Hall–Kier alpha value is -0.620. The summed E-state index contributed by atoms with van der Waals surface area (Å²) in [4.78, 5) is 10.4. The van der Waals surface area contributed by atoms with Crippen LogP contribution in [0.4, 0.5) is 0 Å². The molecule has 5 nitrogen and oxygen atoms in total. The lowest BCUT2D eigenvalue weighted by Crippen LogP contribution is -2.53. The van der Waals surface area contributed by atoms with E-state index >= 15 is 0 Å². The van der Waals surface area contributed by atoms with Gasteiger partial charge in [-0.2, -0.15) is 4.31 Å². The summed E-state index contributed by atoms with van der Waals surface area (Å²) in [5, 5.41) is 8.33. The fourth-order valence-corrected chi connectivity index (χ4v) is 3.31. The molecule has 2 aliphatic rings. The Morgan fingerprint density at radius 1 is 1.31 bits per heavy atom. The molecular weight excluding hydrogens is 194 g/mol. The predicted octanol–water partition coefficient (Wildman–Crippen LogP) is -0.505. The first kappa shape index (κ1) is 8.96. The molecule has 1 aliphatic carbocycles. The smallest absolute Gasteiger partial charge is 0.309 e. The van der Waals surface area contributed by atoms with Gasteiger partial charge in [0.05, 0.1) is 11.2 Å². The topological polar surface area (TPSA) is 74.7 Å². The third-order valence-corrected chi connectivity index (χ3v) is 4.83. The molecule has 0 spiro atoms. The van der Waals surface area contributed by atoms with Gasteiger partial charge in [-0.15, -0.1) is 0 Å². The van der Waals surface area contributed by atoms with E-state index in [1.54, 1.807) is 0 Å². The van der Waals surface area contributed by atoms with Crippen molar-refractivity contribution in [2.24, 2.45) is 5.92 Å². The second-order valence-corrected chi connectivity index (χ2v) is 5.81. The summed E-state index contributed by atoms with van der Waals surface area (Å²) >= 11 is 0. The summed E-state index contributed by atoms with van der Waals surface area (Å²) in [7, 11) is -3.13. The zero-order chi connectivity index (χ0) is 9.64. The minimum atomic E-state index is -3.13. The molecule has 2 rings (SSSR count). The first-order valence-corrected chi connectivity index (χ1v) is 5.74. The minimum absolute atomic E-state index is 0.161. The SMILES string of the molecule is O=C(O)C1CN(S(=O)(=O)C2CC2)C1. The Balaban J connectivity index is 1.96. The van der Waals surface area contributed by atoms with E-state index in [0.717, 1.165) is 12.8 Å². The van der Waals surface area contributed by atoms with Crippen LogP contribution in [0.2, 0.25) is 0 Å². The number of aliphatic carboxylic acids is 1. The van der Waals surface area contributed by atoms with Crippen molar-refractivity contribution in [2.45, 2.75) is 18.1 Å². The zero-order valence-electron chi connectivity index (χ0n) is 7.01. The van der Waals surface area contributed by atoms with Crippen LogP contribution in [0.3, 0.4) is 0 Å². The maximum atomic E-state index is 11.5. The van der Waals surface area contributed by atoms with Crippen molar-refractivity contribution < 1.29 is 18.3 Å². The highest BCUT2D eigenvalue weighted by Crippen LogP contribution is 2.34. The Kier molecular flexibility index (Phi) is 1.85. The molecule has 0 aromatic carbocycles. The Morgan fingerprint density at radius 2 is 1.85 bits per heavy atom. The van der Waals surface area contributed by atoms with E-state index in [4.69, 9.17) is 5.11 Å². The van der Waals surface area contributed by atoms with E-state index < -0.39 is 21.9 Å². The Labute approximate surface area is 76.4 Å². The molecule has 1 saturated carbocycles. The summed E-state index contributed by atoms with van der Waals surface area (Å²) in [6.45, 7) is 0.322. The van der Waals surface area contributed by atoms with Gasteiger partial charge in [0.25, 0.3) is 0 Å². The van der Waals surface area contributed by atoms with E-state index in [0.29, 0.717) is 0 Å². The Morgan fingerprint density at radius 3 is 2.23 bits per heavy atom. The van der Waals surface area contributed by atoms with Crippen molar-refractivity contribution in [3.8, 4) is 0 Å². The number of hydrogen-bond acceptors (Lipinski definition) is 3. The van der Waals surface area contributed by atoms with Crippen LogP contribution in [-0.4, -0.2) is 42.1 Å². The molecule has 6 heteroatoms. The number of carboxylic acid groups (broad SMARTS) is 1. The fraction of sp³-hybridized carbons (Fsp3) is 0.857. The third-order valence-electron chi connectivity index (χ3n) is 2.50. The van der Waals surface area contributed by atoms with Gasteiger partial charge >= 0.3 is 5.97 Å². The van der Waals surface area contributed by atoms with Gasteiger partial charge in [0.15, 0.2) is 0 Å². The van der Waals surface area contributed by atoms with Crippen LogP contribution in [0, 0.1) is 5.92 Å². The van der Waals surface area contributed by atoms with Crippen molar-refractivity contribution in [1.29, 1.82) is 0 Å². The van der Waals surface area contributed by atoms with Crippen LogP contribution in [0.25, 0.3) is 0 Å². The third kappa shape index (κ3) is 1.44. The Bertz CT molecular complexity index is 326. The first-order valence-electron chi connectivity index (χ1n) is 4.23. The maximum Gasteiger partial charge on any atom is 0.309 e. The van der Waals surface area contributed by atoms with Crippen LogP contribution in [0.1, 0.15) is 12.8 Å². The van der Waals surface area contributed by atoms with Crippen molar-refractivity contribution in [3.63, 3.8) is 0 Å². The largest absolute Gasteiger partial charge is 0.481 e. The van der Waals surface area contributed by atoms with Gasteiger partial charge in [-0.05, 0) is 12.8 Å². The molecule has 74 valence electrons. The quantitative estimate of drug-likeness (QED) is 0.673. The van der Waals surface area contributed by atoms with Crippen molar-refractivity contribution >= 4 is 16.0 Å². The second-order valence-electron chi connectivity index (χ2n) is 3.60. The molecule has 0 bridgehead atoms. The van der Waals surface area contributed by atoms with E-state index in [9.17, 15) is 13.2 Å². The van der Waals surface area contributed by atoms with Crippen molar-refractivity contribution in [3.05, 3.63) is 0 Å². The van der Waals surface area contributed by atoms with Crippen LogP contribution >= 0.6 is 0 Å². The summed E-state index contributed by atoms with van der Waals surface area (Å²) in [5.74, 6) is -1.39. The van der Waals surface area contributed by atoms with Gasteiger partial charge in [0, 0.05) is 13.1 Å². The summed E-state index contributed by atoms with van der Waals surface area (Å²) in [6, 6.07) is 0. The van der Waals surface area contributed by atoms with E-state index in [2.05, 4.69) is 0 Å². The molecule has 0 aromatic heterocycles. The maximum absolute atomic E-state index is 11.5. The van der Waals surface area contributed by atoms with Crippen LogP contribution < -0.4 is 0 Å². The molecule has 0 aromatic rings. The van der Waals surface area contributed by atoms with Crippen molar-refractivity contribution in [1.82, 2.24) is 4.31 Å². The molecule has 2 fully saturated rings. The van der Waals surface area contributed by atoms with Crippen LogP contribution in [0.5, 0.6) is 0 Å². The second kappa shape index (κ2) is 2.68. The standard InChI is InChI=1S/C7H11NO4S/c9-7(10)5-3-8(4-5)13(11,12)6-1-2-6/h5-6H,1-4H2,(H,9,10). The van der Waals surface area contributed by atoms with Gasteiger partial charge in [-0.25, -0.2) is 8.42 Å². The highest BCUT2D eigenvalue weighted by atomic mass is 32.2. The molecule has 1 aliphatic heterocycles. The van der Waals surface area contributed by atoms with Crippen LogP contribution in [0.15, 0.2) is 0 Å². The molecule has 0 unspecified atom stereocenters. The highest BCUT2D eigenvalue weighted by Gasteiger charge is 2.46. The molecule has 0 atom stereocenters. The minimum Gasteiger partial charge on any atom is -0.481 e. The molecule has 1 saturated heterocycles. The zero-order valence-corrected chi connectivity index (χ0v) is 7.83. The van der Waals surface area contributed by atoms with Gasteiger partial charge in [-0.1, -0.05) is 0 Å². The summed E-state index contributed by atoms with van der Waals surface area (Å²) in [6.07, 6.45) is 1.47. The van der Waals surface area contributed by atoms with Gasteiger partial charge in [0.2, 0.25) is 10.0 Å². The number of hydrogen-bond donors (Lipinski definition) is 1. The average molecular weight is 205 g/mol. The van der Waals surface area contributed by atoms with Crippen molar-refractivity contribution in [2.75, 3.05) is 13.1 Å². The lowest BCUT2D eigenvalue weighted by molar-refractivity contribution is -0.145.